The van der Waals surface area contributed by atoms with E-state index in [1.54, 1.807) is 18.2 Å². The highest BCUT2D eigenvalue weighted by atomic mass is 16.5. The van der Waals surface area contributed by atoms with Crippen molar-refractivity contribution in [2.75, 3.05) is 6.61 Å². The molecule has 0 heterocycles. The van der Waals surface area contributed by atoms with Gasteiger partial charge in [0.05, 0.1) is 0 Å². The highest BCUT2D eigenvalue weighted by Gasteiger charge is 2.14. The number of carboxylic acids is 1. The molecule has 3 aromatic carbocycles. The van der Waals surface area contributed by atoms with Crippen molar-refractivity contribution >= 4 is 17.1 Å². The lowest BCUT2D eigenvalue weighted by Crippen LogP contribution is -2.09. The maximum absolute atomic E-state index is 10.8. The van der Waals surface area contributed by atoms with Crippen molar-refractivity contribution in [2.24, 2.45) is 0 Å². The second kappa shape index (κ2) is 8.91. The summed E-state index contributed by atoms with van der Waals surface area (Å²) in [4.78, 5) is 10.8. The van der Waals surface area contributed by atoms with E-state index in [4.69, 9.17) is 9.84 Å². The van der Waals surface area contributed by atoms with E-state index < -0.39 is 5.97 Å². The molecule has 0 radical (unpaired) electrons. The van der Waals surface area contributed by atoms with E-state index in [1.165, 1.54) is 0 Å². The third kappa shape index (κ3) is 4.60. The number of phenolic OH excluding ortho intramolecular Hbond substituents is 1. The van der Waals surface area contributed by atoms with Gasteiger partial charge < -0.3 is 14.9 Å². The number of phenols is 1. The molecule has 0 aliphatic rings. The summed E-state index contributed by atoms with van der Waals surface area (Å²) < 4.78 is 5.37. The lowest BCUT2D eigenvalue weighted by Gasteiger charge is -2.17. The Labute approximate surface area is 164 Å². The van der Waals surface area contributed by atoms with Gasteiger partial charge in [0.1, 0.15) is 11.5 Å². The molecule has 3 rings (SSSR count). The van der Waals surface area contributed by atoms with Crippen LogP contribution in [0, 0.1) is 0 Å². The number of hydrogen-bond acceptors (Lipinski definition) is 3. The molecule has 4 heteroatoms. The van der Waals surface area contributed by atoms with Crippen molar-refractivity contribution in [1.29, 1.82) is 0 Å². The Morgan fingerprint density at radius 2 is 1.54 bits per heavy atom. The maximum Gasteiger partial charge on any atom is 0.341 e. The first-order valence-corrected chi connectivity index (χ1v) is 9.11. The molecule has 0 atom stereocenters. The van der Waals surface area contributed by atoms with Crippen LogP contribution >= 0.6 is 0 Å². The zero-order chi connectivity index (χ0) is 19.9. The smallest absolute Gasteiger partial charge is 0.341 e. The van der Waals surface area contributed by atoms with E-state index in [1.807, 2.05) is 48.5 Å². The van der Waals surface area contributed by atoms with Crippen LogP contribution in [0.3, 0.4) is 0 Å². The van der Waals surface area contributed by atoms with E-state index in [-0.39, 0.29) is 12.4 Å². The fraction of sp³-hybridized carbons (Fsp3) is 0.125. The van der Waals surface area contributed by atoms with Crippen LogP contribution in [0.4, 0.5) is 0 Å². The van der Waals surface area contributed by atoms with E-state index >= 15 is 0 Å². The fourth-order valence-corrected chi connectivity index (χ4v) is 3.19. The highest BCUT2D eigenvalue weighted by Crippen LogP contribution is 2.36. The minimum Gasteiger partial charge on any atom is -0.508 e. The standard InChI is InChI=1S/C24H22O4/c1-2-22(17-7-4-3-5-8-17)24(18-11-13-20(25)14-12-18)19-9-6-10-21(15-19)28-16-23(26)27/h3-15,25H,2,16H2,1H3,(H,26,27)/b24-22+. The minimum absolute atomic E-state index is 0.208. The molecule has 0 aliphatic carbocycles. The molecule has 4 nitrogen and oxygen atoms in total. The Kier molecular flexibility index (Phi) is 6.12. The van der Waals surface area contributed by atoms with Crippen LogP contribution in [0.15, 0.2) is 78.9 Å². The van der Waals surface area contributed by atoms with Crippen LogP contribution < -0.4 is 4.74 Å². The predicted molar refractivity (Wildman–Crippen MR) is 110 cm³/mol. The van der Waals surface area contributed by atoms with Crippen molar-refractivity contribution < 1.29 is 19.7 Å². The van der Waals surface area contributed by atoms with Crippen molar-refractivity contribution in [1.82, 2.24) is 0 Å². The van der Waals surface area contributed by atoms with Gasteiger partial charge in [-0.25, -0.2) is 4.79 Å². The van der Waals surface area contributed by atoms with Crippen molar-refractivity contribution in [2.45, 2.75) is 13.3 Å². The number of aromatic hydroxyl groups is 1. The normalized spacial score (nSPS) is 11.6. The molecule has 0 unspecified atom stereocenters. The van der Waals surface area contributed by atoms with Crippen LogP contribution in [0.5, 0.6) is 11.5 Å². The van der Waals surface area contributed by atoms with Crippen LogP contribution in [0.2, 0.25) is 0 Å². The Morgan fingerprint density at radius 1 is 0.857 bits per heavy atom. The first-order valence-electron chi connectivity index (χ1n) is 9.11. The summed E-state index contributed by atoms with van der Waals surface area (Å²) in [7, 11) is 0. The monoisotopic (exact) mass is 374 g/mol. The Balaban J connectivity index is 2.17. The number of allylic oxidation sites excluding steroid dienone is 1. The molecule has 3 aromatic rings. The van der Waals surface area contributed by atoms with Crippen LogP contribution in [-0.2, 0) is 4.79 Å². The molecule has 0 amide bonds. The number of hydrogen-bond donors (Lipinski definition) is 2. The first kappa shape index (κ1) is 19.2. The van der Waals surface area contributed by atoms with Gasteiger partial charge in [-0.05, 0) is 58.5 Å². The maximum atomic E-state index is 10.8. The van der Waals surface area contributed by atoms with Gasteiger partial charge in [0.15, 0.2) is 6.61 Å². The average Bonchev–Trinajstić information content (AvgIpc) is 2.72. The molecular weight excluding hydrogens is 352 g/mol. The fourth-order valence-electron chi connectivity index (χ4n) is 3.19. The van der Waals surface area contributed by atoms with E-state index in [0.29, 0.717) is 5.75 Å². The number of carboxylic acid groups (broad SMARTS) is 1. The molecule has 0 fully saturated rings. The summed E-state index contributed by atoms with van der Waals surface area (Å²) in [5.41, 5.74) is 5.18. The number of benzene rings is 3. The molecule has 142 valence electrons. The zero-order valence-electron chi connectivity index (χ0n) is 15.6. The topological polar surface area (TPSA) is 66.8 Å². The molecule has 2 N–H and O–H groups in total. The minimum atomic E-state index is -1.02. The van der Waals surface area contributed by atoms with E-state index in [0.717, 1.165) is 34.3 Å². The van der Waals surface area contributed by atoms with Gasteiger partial charge in [-0.15, -0.1) is 0 Å². The summed E-state index contributed by atoms with van der Waals surface area (Å²) in [6, 6.07) is 24.7. The van der Waals surface area contributed by atoms with Crippen molar-refractivity contribution in [3.05, 3.63) is 95.6 Å². The largest absolute Gasteiger partial charge is 0.508 e. The van der Waals surface area contributed by atoms with Gasteiger partial charge in [0, 0.05) is 0 Å². The lowest BCUT2D eigenvalue weighted by atomic mass is 9.88. The number of ether oxygens (including phenoxy) is 1. The average molecular weight is 374 g/mol. The predicted octanol–water partition coefficient (Wildman–Crippen LogP) is 5.22. The third-order valence-electron chi connectivity index (χ3n) is 4.42. The van der Waals surface area contributed by atoms with Gasteiger partial charge >= 0.3 is 5.97 Å². The molecule has 28 heavy (non-hydrogen) atoms. The van der Waals surface area contributed by atoms with Gasteiger partial charge in [0.25, 0.3) is 0 Å². The van der Waals surface area contributed by atoms with E-state index in [9.17, 15) is 9.90 Å². The molecule has 0 bridgehead atoms. The van der Waals surface area contributed by atoms with Gasteiger partial charge in [-0.1, -0.05) is 61.5 Å². The van der Waals surface area contributed by atoms with Gasteiger partial charge in [0.2, 0.25) is 0 Å². The molecule has 0 aliphatic heterocycles. The Bertz CT molecular complexity index is 973. The quantitative estimate of drug-likeness (QED) is 0.556. The second-order valence-corrected chi connectivity index (χ2v) is 6.33. The van der Waals surface area contributed by atoms with Crippen molar-refractivity contribution in [3.8, 4) is 11.5 Å². The zero-order valence-corrected chi connectivity index (χ0v) is 15.6. The Hall–Kier alpha value is -3.53. The summed E-state index contributed by atoms with van der Waals surface area (Å²) in [5.74, 6) is -0.308. The lowest BCUT2D eigenvalue weighted by molar-refractivity contribution is -0.139. The van der Waals surface area contributed by atoms with Gasteiger partial charge in [-0.2, -0.15) is 0 Å². The molecule has 0 spiro atoms. The number of aliphatic carboxylic acids is 1. The SMILES string of the molecule is CC/C(=C(/c1ccc(O)cc1)c1cccc(OCC(=O)O)c1)c1ccccc1. The summed E-state index contributed by atoms with van der Waals surface area (Å²) in [5, 5.41) is 18.6. The van der Waals surface area contributed by atoms with Crippen LogP contribution in [-0.4, -0.2) is 22.8 Å². The molecule has 0 saturated carbocycles. The van der Waals surface area contributed by atoms with Crippen LogP contribution in [0.1, 0.15) is 30.0 Å². The van der Waals surface area contributed by atoms with Gasteiger partial charge in [-0.3, -0.25) is 0 Å². The highest BCUT2D eigenvalue weighted by molar-refractivity contribution is 5.98. The Morgan fingerprint density at radius 3 is 2.18 bits per heavy atom. The summed E-state index contributed by atoms with van der Waals surface area (Å²) in [6.07, 6.45) is 0.806. The summed E-state index contributed by atoms with van der Waals surface area (Å²) >= 11 is 0. The van der Waals surface area contributed by atoms with E-state index in [2.05, 4.69) is 19.1 Å². The molecule has 0 saturated heterocycles. The first-order chi connectivity index (χ1) is 13.6. The molecular formula is C24H22O4. The van der Waals surface area contributed by atoms with Crippen molar-refractivity contribution in [3.63, 3.8) is 0 Å². The second-order valence-electron chi connectivity index (χ2n) is 6.33. The molecule has 0 aromatic heterocycles. The number of carbonyl (C=O) groups is 1. The third-order valence-corrected chi connectivity index (χ3v) is 4.42. The van der Waals surface area contributed by atoms with Crippen LogP contribution in [0.25, 0.3) is 11.1 Å². The number of rotatable bonds is 7. The summed E-state index contributed by atoms with van der Waals surface area (Å²) in [6.45, 7) is 1.72.